The van der Waals surface area contributed by atoms with E-state index in [1.54, 1.807) is 24.3 Å². The average molecular weight is 331 g/mol. The first kappa shape index (κ1) is 17.2. The molecule has 23 heavy (non-hydrogen) atoms. The van der Waals surface area contributed by atoms with Crippen molar-refractivity contribution in [3.05, 3.63) is 65.2 Å². The summed E-state index contributed by atoms with van der Waals surface area (Å²) in [6.07, 6.45) is 2.23. The molecule has 1 amide bonds. The van der Waals surface area contributed by atoms with Crippen molar-refractivity contribution in [3.8, 4) is 0 Å². The number of carbonyl (C=O) groups is 1. The van der Waals surface area contributed by atoms with E-state index in [0.717, 1.165) is 11.1 Å². The number of amides is 1. The average Bonchev–Trinajstić information content (AvgIpc) is 2.49. The van der Waals surface area contributed by atoms with Gasteiger partial charge in [0.05, 0.1) is 11.3 Å². The van der Waals surface area contributed by atoms with E-state index in [1.165, 1.54) is 11.8 Å². The Bertz CT molecular complexity index is 763. The zero-order valence-corrected chi connectivity index (χ0v) is 14.2. The van der Waals surface area contributed by atoms with Gasteiger partial charge in [-0.3, -0.25) is 4.79 Å². The lowest BCUT2D eigenvalue weighted by atomic mass is 10.1. The standard InChI is InChI=1S/C18H21NO3S/c1-14-3-5-16(6-4-14)13-18(20)19-12-11-15-7-9-17(10-8-15)23(2,21)22/h3-10H,11-13H2,1-2H3,(H,19,20). The topological polar surface area (TPSA) is 63.2 Å². The molecule has 2 aromatic rings. The lowest BCUT2D eigenvalue weighted by molar-refractivity contribution is -0.120. The minimum atomic E-state index is -3.16. The summed E-state index contributed by atoms with van der Waals surface area (Å²) in [5.74, 6) is -0.0124. The van der Waals surface area contributed by atoms with Crippen LogP contribution in [-0.2, 0) is 27.5 Å². The molecule has 0 saturated heterocycles. The third kappa shape index (κ3) is 5.53. The summed E-state index contributed by atoms with van der Waals surface area (Å²) in [6, 6.07) is 14.7. The van der Waals surface area contributed by atoms with E-state index >= 15 is 0 Å². The summed E-state index contributed by atoms with van der Waals surface area (Å²) >= 11 is 0. The molecule has 4 nitrogen and oxygen atoms in total. The molecule has 0 aliphatic rings. The number of hydrogen-bond donors (Lipinski definition) is 1. The van der Waals surface area contributed by atoms with Crippen LogP contribution in [0.1, 0.15) is 16.7 Å². The van der Waals surface area contributed by atoms with Gasteiger partial charge in [-0.25, -0.2) is 8.42 Å². The van der Waals surface area contributed by atoms with Crippen molar-refractivity contribution in [2.24, 2.45) is 0 Å². The molecule has 0 atom stereocenters. The second kappa shape index (κ2) is 7.42. The quantitative estimate of drug-likeness (QED) is 0.883. The number of sulfone groups is 1. The van der Waals surface area contributed by atoms with E-state index in [9.17, 15) is 13.2 Å². The lowest BCUT2D eigenvalue weighted by Crippen LogP contribution is -2.27. The Kier molecular flexibility index (Phi) is 5.55. The molecule has 2 rings (SSSR count). The molecule has 0 spiro atoms. The van der Waals surface area contributed by atoms with Crippen molar-refractivity contribution >= 4 is 15.7 Å². The molecule has 0 aliphatic carbocycles. The van der Waals surface area contributed by atoms with Gasteiger partial charge in [-0.2, -0.15) is 0 Å². The zero-order valence-electron chi connectivity index (χ0n) is 13.4. The largest absolute Gasteiger partial charge is 0.355 e. The first-order valence-corrected chi connectivity index (χ1v) is 9.35. The van der Waals surface area contributed by atoms with Gasteiger partial charge in [-0.1, -0.05) is 42.0 Å². The molecule has 0 fully saturated rings. The molecular formula is C18H21NO3S. The highest BCUT2D eigenvalue weighted by Gasteiger charge is 2.06. The Morgan fingerprint density at radius 2 is 1.52 bits per heavy atom. The summed E-state index contributed by atoms with van der Waals surface area (Å²) in [7, 11) is -3.16. The minimum Gasteiger partial charge on any atom is -0.355 e. The van der Waals surface area contributed by atoms with Crippen molar-refractivity contribution in [2.75, 3.05) is 12.8 Å². The fraction of sp³-hybridized carbons (Fsp3) is 0.278. The van der Waals surface area contributed by atoms with Crippen LogP contribution >= 0.6 is 0 Å². The number of benzene rings is 2. The maximum atomic E-state index is 11.9. The van der Waals surface area contributed by atoms with Crippen LogP contribution in [0.3, 0.4) is 0 Å². The van der Waals surface area contributed by atoms with Gasteiger partial charge < -0.3 is 5.32 Å². The van der Waals surface area contributed by atoms with Gasteiger partial charge in [0.15, 0.2) is 9.84 Å². The van der Waals surface area contributed by atoms with Gasteiger partial charge in [0.2, 0.25) is 5.91 Å². The summed E-state index contributed by atoms with van der Waals surface area (Å²) in [6.45, 7) is 2.54. The third-order valence-corrected chi connectivity index (χ3v) is 4.70. The molecular weight excluding hydrogens is 310 g/mol. The van der Waals surface area contributed by atoms with Gasteiger partial charge >= 0.3 is 0 Å². The highest BCUT2D eigenvalue weighted by Crippen LogP contribution is 2.10. The van der Waals surface area contributed by atoms with Crippen molar-refractivity contribution in [2.45, 2.75) is 24.7 Å². The molecule has 0 unspecified atom stereocenters. The maximum Gasteiger partial charge on any atom is 0.224 e. The summed E-state index contributed by atoms with van der Waals surface area (Å²) in [5.41, 5.74) is 3.16. The van der Waals surface area contributed by atoms with Crippen LogP contribution in [0.2, 0.25) is 0 Å². The zero-order chi connectivity index (χ0) is 16.9. The van der Waals surface area contributed by atoms with E-state index < -0.39 is 9.84 Å². The second-order valence-corrected chi connectivity index (χ2v) is 7.69. The summed E-state index contributed by atoms with van der Waals surface area (Å²) in [4.78, 5) is 12.2. The van der Waals surface area contributed by atoms with Gasteiger partial charge in [-0.05, 0) is 36.6 Å². The van der Waals surface area contributed by atoms with Crippen molar-refractivity contribution in [1.29, 1.82) is 0 Å². The Morgan fingerprint density at radius 3 is 2.09 bits per heavy atom. The number of carbonyl (C=O) groups excluding carboxylic acids is 1. The fourth-order valence-corrected chi connectivity index (χ4v) is 2.83. The summed E-state index contributed by atoms with van der Waals surface area (Å²) < 4.78 is 22.8. The lowest BCUT2D eigenvalue weighted by Gasteiger charge is -2.06. The number of nitrogens with one attached hydrogen (secondary N) is 1. The Morgan fingerprint density at radius 1 is 0.957 bits per heavy atom. The van der Waals surface area contributed by atoms with Crippen molar-refractivity contribution in [3.63, 3.8) is 0 Å². The van der Waals surface area contributed by atoms with Crippen molar-refractivity contribution in [1.82, 2.24) is 5.32 Å². The van der Waals surface area contributed by atoms with Crippen LogP contribution in [0.25, 0.3) is 0 Å². The van der Waals surface area contributed by atoms with E-state index in [-0.39, 0.29) is 5.91 Å². The Labute approximate surface area is 137 Å². The predicted octanol–water partition coefficient (Wildman–Crippen LogP) is 2.30. The number of rotatable bonds is 6. The summed E-state index contributed by atoms with van der Waals surface area (Å²) in [5, 5.41) is 2.88. The van der Waals surface area contributed by atoms with E-state index in [1.807, 2.05) is 31.2 Å². The highest BCUT2D eigenvalue weighted by molar-refractivity contribution is 7.90. The van der Waals surface area contributed by atoms with Crippen LogP contribution in [-0.4, -0.2) is 27.1 Å². The molecule has 122 valence electrons. The van der Waals surface area contributed by atoms with Gasteiger partial charge in [-0.15, -0.1) is 0 Å². The minimum absolute atomic E-state index is 0.0124. The van der Waals surface area contributed by atoms with E-state index in [2.05, 4.69) is 5.32 Å². The van der Waals surface area contributed by atoms with E-state index in [0.29, 0.717) is 24.3 Å². The number of aryl methyl sites for hydroxylation is 1. The van der Waals surface area contributed by atoms with Crippen LogP contribution in [0.15, 0.2) is 53.4 Å². The van der Waals surface area contributed by atoms with E-state index in [4.69, 9.17) is 0 Å². The Hall–Kier alpha value is -2.14. The van der Waals surface area contributed by atoms with Crippen LogP contribution in [0.4, 0.5) is 0 Å². The predicted molar refractivity (Wildman–Crippen MR) is 91.1 cm³/mol. The fourth-order valence-electron chi connectivity index (χ4n) is 2.20. The molecule has 5 heteroatoms. The highest BCUT2D eigenvalue weighted by atomic mass is 32.2. The van der Waals surface area contributed by atoms with Crippen molar-refractivity contribution < 1.29 is 13.2 Å². The van der Waals surface area contributed by atoms with Crippen LogP contribution in [0, 0.1) is 6.92 Å². The molecule has 2 aromatic carbocycles. The Balaban J connectivity index is 1.80. The maximum absolute atomic E-state index is 11.9. The molecule has 0 heterocycles. The normalized spacial score (nSPS) is 11.2. The molecule has 1 N–H and O–H groups in total. The van der Waals surface area contributed by atoms with Gasteiger partial charge in [0, 0.05) is 12.8 Å². The first-order valence-electron chi connectivity index (χ1n) is 7.46. The second-order valence-electron chi connectivity index (χ2n) is 5.68. The molecule has 0 aromatic heterocycles. The molecule has 0 aliphatic heterocycles. The first-order chi connectivity index (χ1) is 10.8. The van der Waals surface area contributed by atoms with Crippen LogP contribution < -0.4 is 5.32 Å². The molecule has 0 bridgehead atoms. The van der Waals surface area contributed by atoms with Gasteiger partial charge in [0.25, 0.3) is 0 Å². The molecule has 0 saturated carbocycles. The molecule has 0 radical (unpaired) electrons. The third-order valence-electron chi connectivity index (χ3n) is 3.57. The SMILES string of the molecule is Cc1ccc(CC(=O)NCCc2ccc(S(C)(=O)=O)cc2)cc1. The smallest absolute Gasteiger partial charge is 0.224 e. The monoisotopic (exact) mass is 331 g/mol. The van der Waals surface area contributed by atoms with Gasteiger partial charge in [0.1, 0.15) is 0 Å². The number of hydrogen-bond acceptors (Lipinski definition) is 3. The van der Waals surface area contributed by atoms with Crippen LogP contribution in [0.5, 0.6) is 0 Å².